The second-order valence-electron chi connectivity index (χ2n) is 7.73. The maximum absolute atomic E-state index is 13.3. The summed E-state index contributed by atoms with van der Waals surface area (Å²) >= 11 is 6.19. The molecule has 0 unspecified atom stereocenters. The normalized spacial score (nSPS) is 23.6. The summed E-state index contributed by atoms with van der Waals surface area (Å²) in [5.74, 6) is -1.54. The minimum absolute atomic E-state index is 0.146. The van der Waals surface area contributed by atoms with Gasteiger partial charge in [-0.1, -0.05) is 41.9 Å². The lowest BCUT2D eigenvalue weighted by atomic mass is 10.0. The van der Waals surface area contributed by atoms with Crippen LogP contribution in [0.25, 0.3) is 0 Å². The third kappa shape index (κ3) is 3.67. The number of carbonyl (C=O) groups excluding carboxylic acids is 2. The van der Waals surface area contributed by atoms with Gasteiger partial charge in [-0.3, -0.25) is 9.59 Å². The molecule has 0 N–H and O–H groups in total. The molecule has 2 amide bonds. The van der Waals surface area contributed by atoms with E-state index in [-0.39, 0.29) is 17.4 Å². The van der Waals surface area contributed by atoms with Crippen LogP contribution in [0.4, 0.5) is 18.9 Å². The molecule has 1 heterocycles. The number of alkyl halides is 3. The maximum Gasteiger partial charge on any atom is 0.416 e. The number of likely N-dealkylation sites (N-methyl/N-ethyl adjacent to an activating group) is 1. The van der Waals surface area contributed by atoms with Gasteiger partial charge < -0.3 is 9.80 Å². The number of para-hydroxylation sites is 1. The first-order chi connectivity index (χ1) is 14.2. The molecule has 1 aliphatic carbocycles. The Balaban J connectivity index is 1.47. The van der Waals surface area contributed by atoms with Crippen molar-refractivity contribution in [3.05, 3.63) is 64.7 Å². The van der Waals surface area contributed by atoms with Gasteiger partial charge in [0.25, 0.3) is 0 Å². The average molecular weight is 437 g/mol. The molecule has 8 heteroatoms. The molecule has 0 bridgehead atoms. The van der Waals surface area contributed by atoms with Crippen LogP contribution < -0.4 is 4.90 Å². The van der Waals surface area contributed by atoms with Crippen LogP contribution in [-0.2, 0) is 15.8 Å². The molecule has 30 heavy (non-hydrogen) atoms. The number of benzene rings is 2. The number of halogens is 4. The van der Waals surface area contributed by atoms with E-state index in [1.807, 2.05) is 0 Å². The number of amides is 2. The van der Waals surface area contributed by atoms with Crippen LogP contribution in [0, 0.1) is 5.92 Å². The molecule has 2 fully saturated rings. The summed E-state index contributed by atoms with van der Waals surface area (Å²) in [6.45, 7) is 0.426. The SMILES string of the molecule is CN(C(=O)[C@@H]1C[C@H]1c1ccccc1C(F)(F)F)[C@H]1CCN(c2ccccc2Cl)C1=O. The minimum atomic E-state index is -4.46. The van der Waals surface area contributed by atoms with E-state index in [0.29, 0.717) is 30.1 Å². The second-order valence-corrected chi connectivity index (χ2v) is 8.14. The number of rotatable bonds is 4. The molecule has 3 atom stereocenters. The molecule has 1 aliphatic heterocycles. The van der Waals surface area contributed by atoms with E-state index in [1.165, 1.54) is 17.0 Å². The van der Waals surface area contributed by atoms with Crippen molar-refractivity contribution in [3.63, 3.8) is 0 Å². The summed E-state index contributed by atoms with van der Waals surface area (Å²) in [6, 6.07) is 11.7. The summed E-state index contributed by atoms with van der Waals surface area (Å²) in [5, 5.41) is 0.450. The summed E-state index contributed by atoms with van der Waals surface area (Å²) in [7, 11) is 1.55. The fourth-order valence-corrected chi connectivity index (χ4v) is 4.48. The lowest BCUT2D eigenvalue weighted by Gasteiger charge is -2.25. The topological polar surface area (TPSA) is 40.6 Å². The molecule has 2 aromatic rings. The van der Waals surface area contributed by atoms with Crippen molar-refractivity contribution >= 4 is 29.1 Å². The van der Waals surface area contributed by atoms with Crippen LogP contribution in [0.15, 0.2) is 48.5 Å². The zero-order valence-corrected chi connectivity index (χ0v) is 17.0. The number of carbonyl (C=O) groups is 2. The largest absolute Gasteiger partial charge is 0.416 e. The first-order valence-electron chi connectivity index (χ1n) is 9.69. The van der Waals surface area contributed by atoms with E-state index in [0.717, 1.165) is 6.07 Å². The van der Waals surface area contributed by atoms with Crippen LogP contribution >= 0.6 is 11.6 Å². The van der Waals surface area contributed by atoms with Crippen molar-refractivity contribution in [1.29, 1.82) is 0 Å². The van der Waals surface area contributed by atoms with Gasteiger partial charge in [-0.2, -0.15) is 13.2 Å². The molecular formula is C22H20ClF3N2O2. The highest BCUT2D eigenvalue weighted by molar-refractivity contribution is 6.34. The molecule has 4 rings (SSSR count). The van der Waals surface area contributed by atoms with Crippen molar-refractivity contribution in [3.8, 4) is 0 Å². The minimum Gasteiger partial charge on any atom is -0.333 e. The molecule has 2 aromatic carbocycles. The van der Waals surface area contributed by atoms with Gasteiger partial charge >= 0.3 is 6.18 Å². The third-order valence-corrected chi connectivity index (χ3v) is 6.23. The van der Waals surface area contributed by atoms with E-state index in [2.05, 4.69) is 0 Å². The number of hydrogen-bond donors (Lipinski definition) is 0. The van der Waals surface area contributed by atoms with Gasteiger partial charge in [-0.05, 0) is 42.5 Å². The quantitative estimate of drug-likeness (QED) is 0.695. The third-order valence-electron chi connectivity index (χ3n) is 5.91. The first kappa shape index (κ1) is 20.7. The van der Waals surface area contributed by atoms with Gasteiger partial charge in [0.2, 0.25) is 11.8 Å². The molecule has 2 aliphatic rings. The van der Waals surface area contributed by atoms with Gasteiger partial charge in [0.15, 0.2) is 0 Å². The van der Waals surface area contributed by atoms with Crippen molar-refractivity contribution in [1.82, 2.24) is 4.90 Å². The monoisotopic (exact) mass is 436 g/mol. The molecular weight excluding hydrogens is 417 g/mol. The highest BCUT2D eigenvalue weighted by Crippen LogP contribution is 2.52. The van der Waals surface area contributed by atoms with Crippen LogP contribution in [0.5, 0.6) is 0 Å². The summed E-state index contributed by atoms with van der Waals surface area (Å²) in [6.07, 6.45) is -3.66. The molecule has 1 saturated heterocycles. The predicted molar refractivity (Wildman–Crippen MR) is 107 cm³/mol. The lowest BCUT2D eigenvalue weighted by Crippen LogP contribution is -2.43. The molecule has 0 aromatic heterocycles. The molecule has 158 valence electrons. The molecule has 0 spiro atoms. The highest BCUT2D eigenvalue weighted by Gasteiger charge is 2.50. The zero-order valence-electron chi connectivity index (χ0n) is 16.2. The Bertz CT molecular complexity index is 994. The number of nitrogens with zero attached hydrogens (tertiary/aromatic N) is 2. The molecule has 1 saturated carbocycles. The van der Waals surface area contributed by atoms with E-state index in [1.54, 1.807) is 42.3 Å². The van der Waals surface area contributed by atoms with Crippen LogP contribution in [0.3, 0.4) is 0 Å². The average Bonchev–Trinajstić information content (AvgIpc) is 3.42. The lowest BCUT2D eigenvalue weighted by molar-refractivity contribution is -0.139. The van der Waals surface area contributed by atoms with Crippen LogP contribution in [0.1, 0.15) is 29.9 Å². The second kappa shape index (κ2) is 7.61. The first-order valence-corrected chi connectivity index (χ1v) is 10.1. The van der Waals surface area contributed by atoms with Gasteiger partial charge in [-0.25, -0.2) is 0 Å². The van der Waals surface area contributed by atoms with Gasteiger partial charge in [0.05, 0.1) is 16.3 Å². The van der Waals surface area contributed by atoms with Crippen molar-refractivity contribution in [2.75, 3.05) is 18.5 Å². The summed E-state index contributed by atoms with van der Waals surface area (Å²) in [4.78, 5) is 28.8. The molecule has 4 nitrogen and oxygen atoms in total. The van der Waals surface area contributed by atoms with E-state index in [9.17, 15) is 22.8 Å². The Hall–Kier alpha value is -2.54. The Morgan fingerprint density at radius 2 is 1.80 bits per heavy atom. The van der Waals surface area contributed by atoms with Crippen molar-refractivity contribution in [2.45, 2.75) is 31.0 Å². The predicted octanol–water partition coefficient (Wildman–Crippen LogP) is 4.73. The Morgan fingerprint density at radius 1 is 1.13 bits per heavy atom. The van der Waals surface area contributed by atoms with Crippen LogP contribution in [0.2, 0.25) is 5.02 Å². The van der Waals surface area contributed by atoms with E-state index in [4.69, 9.17) is 11.6 Å². The van der Waals surface area contributed by atoms with Crippen molar-refractivity contribution < 1.29 is 22.8 Å². The summed E-state index contributed by atoms with van der Waals surface area (Å²) < 4.78 is 39.9. The number of anilines is 1. The standard InChI is InChI=1S/C22H20ClF3N2O2/c1-27(19-10-11-28(21(19)30)18-9-5-4-8-17(18)23)20(29)15-12-14(15)13-6-2-3-7-16(13)22(24,25)26/h2-9,14-15,19H,10-12H2,1H3/t14-,15+,19-/m0/s1. The van der Waals surface area contributed by atoms with Gasteiger partial charge in [-0.15, -0.1) is 0 Å². The Kier molecular flexibility index (Phi) is 5.26. The Morgan fingerprint density at radius 3 is 2.50 bits per heavy atom. The van der Waals surface area contributed by atoms with Crippen molar-refractivity contribution in [2.24, 2.45) is 5.92 Å². The van der Waals surface area contributed by atoms with E-state index < -0.39 is 29.6 Å². The smallest absolute Gasteiger partial charge is 0.333 e. The summed E-state index contributed by atoms with van der Waals surface area (Å²) in [5.41, 5.74) is 0.0397. The molecule has 0 radical (unpaired) electrons. The number of hydrogen-bond acceptors (Lipinski definition) is 2. The zero-order chi connectivity index (χ0) is 21.6. The fourth-order valence-electron chi connectivity index (χ4n) is 4.24. The van der Waals surface area contributed by atoms with Crippen LogP contribution in [-0.4, -0.2) is 36.3 Å². The van der Waals surface area contributed by atoms with Gasteiger partial charge in [0.1, 0.15) is 6.04 Å². The Labute approximate surface area is 177 Å². The maximum atomic E-state index is 13.3. The fraction of sp³-hybridized carbons (Fsp3) is 0.364. The van der Waals surface area contributed by atoms with Gasteiger partial charge in [0, 0.05) is 19.5 Å². The highest BCUT2D eigenvalue weighted by atomic mass is 35.5. The van der Waals surface area contributed by atoms with E-state index >= 15 is 0 Å².